The lowest BCUT2D eigenvalue weighted by atomic mass is 10.1. The summed E-state index contributed by atoms with van der Waals surface area (Å²) in [7, 11) is -0.842. The van der Waals surface area contributed by atoms with Gasteiger partial charge >= 0.3 is 10.1 Å². The highest BCUT2D eigenvalue weighted by Gasteiger charge is 2.11. The third-order valence-corrected chi connectivity index (χ3v) is 2.37. The monoisotopic (exact) mass is 284 g/mol. The third-order valence-electron chi connectivity index (χ3n) is 2.03. The Hall–Kier alpha value is -2.27. The van der Waals surface area contributed by atoms with Crippen LogP contribution >= 0.6 is 0 Å². The Balaban J connectivity index is 3.17. The van der Waals surface area contributed by atoms with Crippen molar-refractivity contribution in [3.05, 3.63) is 23.8 Å². The maximum Gasteiger partial charge on any atom is 0.325 e. The summed E-state index contributed by atoms with van der Waals surface area (Å²) in [4.78, 5) is 0. The van der Waals surface area contributed by atoms with Crippen LogP contribution in [0.1, 0.15) is 5.56 Å². The molecule has 0 radical (unpaired) electrons. The molecule has 1 aromatic carbocycles. The Morgan fingerprint density at radius 2 is 1.89 bits per heavy atom. The Labute approximate surface area is 111 Å². The van der Waals surface area contributed by atoms with Crippen LogP contribution in [0.15, 0.2) is 23.4 Å². The molecule has 0 unspecified atom stereocenters. The number of rotatable bonds is 5. The second-order valence-electron chi connectivity index (χ2n) is 3.40. The molecule has 0 fully saturated rings. The molecule has 0 aliphatic rings. The molecule has 0 bridgehead atoms. The van der Waals surface area contributed by atoms with Crippen LogP contribution in [0.25, 0.3) is 0 Å². The van der Waals surface area contributed by atoms with Crippen molar-refractivity contribution in [2.45, 2.75) is 0 Å². The van der Waals surface area contributed by atoms with Crippen molar-refractivity contribution in [3.8, 4) is 17.6 Å². The number of nitriles is 1. The smallest absolute Gasteiger partial charge is 0.325 e. The van der Waals surface area contributed by atoms with Gasteiger partial charge in [-0.3, -0.25) is 4.28 Å². The molecule has 7 nitrogen and oxygen atoms in total. The lowest BCUT2D eigenvalue weighted by Crippen LogP contribution is -2.04. The average molecular weight is 284 g/mol. The van der Waals surface area contributed by atoms with E-state index in [4.69, 9.17) is 14.7 Å². The molecule has 1 aromatic rings. The van der Waals surface area contributed by atoms with E-state index in [1.54, 1.807) is 12.1 Å². The van der Waals surface area contributed by atoms with Gasteiger partial charge in [0.15, 0.2) is 17.2 Å². The molecule has 0 heterocycles. The molecular weight excluding hydrogens is 272 g/mol. The largest absolute Gasteiger partial charge is 0.493 e. The summed E-state index contributed by atoms with van der Waals surface area (Å²) in [6, 6.07) is 6.34. The molecular formula is C11H12N2O5S. The number of hydrogen-bond acceptors (Lipinski definition) is 7. The zero-order valence-electron chi connectivity index (χ0n) is 10.6. The Morgan fingerprint density at radius 1 is 1.26 bits per heavy atom. The minimum absolute atomic E-state index is 0.189. The molecule has 102 valence electrons. The van der Waals surface area contributed by atoms with Crippen LogP contribution in [0.2, 0.25) is 0 Å². The molecule has 0 atom stereocenters. The lowest BCUT2D eigenvalue weighted by molar-refractivity contribution is 0.343. The van der Waals surface area contributed by atoms with E-state index in [1.165, 1.54) is 26.4 Å². The fraction of sp³-hybridized carbons (Fsp3) is 0.273. The van der Waals surface area contributed by atoms with Crippen molar-refractivity contribution >= 4 is 15.8 Å². The first-order valence-electron chi connectivity index (χ1n) is 5.00. The molecule has 0 N–H and O–H groups in total. The maximum atomic E-state index is 10.8. The van der Waals surface area contributed by atoms with Gasteiger partial charge in [-0.15, -0.1) is 0 Å². The first kappa shape index (κ1) is 14.8. The van der Waals surface area contributed by atoms with E-state index < -0.39 is 10.1 Å². The van der Waals surface area contributed by atoms with Crippen molar-refractivity contribution in [2.75, 3.05) is 20.5 Å². The molecule has 0 spiro atoms. The van der Waals surface area contributed by atoms with Crippen molar-refractivity contribution < 1.29 is 22.2 Å². The van der Waals surface area contributed by atoms with E-state index in [0.29, 0.717) is 17.1 Å². The molecule has 0 aliphatic carbocycles. The van der Waals surface area contributed by atoms with Crippen molar-refractivity contribution in [1.82, 2.24) is 0 Å². The van der Waals surface area contributed by atoms with E-state index >= 15 is 0 Å². The van der Waals surface area contributed by atoms with Gasteiger partial charge < -0.3 is 9.47 Å². The minimum Gasteiger partial charge on any atom is -0.493 e. The number of methoxy groups -OCH3 is 2. The van der Waals surface area contributed by atoms with Gasteiger partial charge in [-0.1, -0.05) is 5.16 Å². The molecule has 0 aromatic heterocycles. The maximum absolute atomic E-state index is 10.8. The van der Waals surface area contributed by atoms with Gasteiger partial charge in [0.2, 0.25) is 0 Å². The van der Waals surface area contributed by atoms with E-state index in [-0.39, 0.29) is 5.71 Å². The minimum atomic E-state index is -3.76. The van der Waals surface area contributed by atoms with Crippen LogP contribution < -0.4 is 9.47 Å². The number of benzene rings is 1. The SMILES string of the molecule is COc1ccc(/C(C#N)=N/OS(C)(=O)=O)cc1OC. The fourth-order valence-electron chi connectivity index (χ4n) is 1.23. The summed E-state index contributed by atoms with van der Waals surface area (Å²) >= 11 is 0. The normalized spacial score (nSPS) is 11.6. The highest BCUT2D eigenvalue weighted by molar-refractivity contribution is 7.85. The van der Waals surface area contributed by atoms with Crippen LogP contribution in [0.3, 0.4) is 0 Å². The van der Waals surface area contributed by atoms with E-state index in [9.17, 15) is 8.42 Å². The van der Waals surface area contributed by atoms with E-state index in [1.807, 2.05) is 0 Å². The van der Waals surface area contributed by atoms with Gasteiger partial charge in [-0.25, -0.2) is 0 Å². The Kier molecular flexibility index (Phi) is 4.72. The van der Waals surface area contributed by atoms with Crippen LogP contribution in [-0.4, -0.2) is 34.6 Å². The number of hydrogen-bond donors (Lipinski definition) is 0. The lowest BCUT2D eigenvalue weighted by Gasteiger charge is -2.08. The first-order valence-corrected chi connectivity index (χ1v) is 6.82. The summed E-state index contributed by atoms with van der Waals surface area (Å²) in [6.07, 6.45) is 0.833. The summed E-state index contributed by atoms with van der Waals surface area (Å²) < 4.78 is 36.0. The Bertz CT molecular complexity index is 631. The second kappa shape index (κ2) is 6.06. The molecule has 0 amide bonds. The summed E-state index contributed by atoms with van der Waals surface area (Å²) in [6.45, 7) is 0. The highest BCUT2D eigenvalue weighted by atomic mass is 32.2. The fourth-order valence-corrected chi connectivity index (χ4v) is 1.44. The molecule has 0 saturated carbocycles. The van der Waals surface area contributed by atoms with Crippen LogP contribution in [0.4, 0.5) is 0 Å². The predicted molar refractivity (Wildman–Crippen MR) is 67.6 cm³/mol. The average Bonchev–Trinajstić information content (AvgIpc) is 2.37. The van der Waals surface area contributed by atoms with E-state index in [2.05, 4.69) is 9.44 Å². The zero-order chi connectivity index (χ0) is 14.5. The van der Waals surface area contributed by atoms with Crippen molar-refractivity contribution in [3.63, 3.8) is 0 Å². The zero-order valence-corrected chi connectivity index (χ0v) is 11.4. The van der Waals surface area contributed by atoms with Gasteiger partial charge in [0, 0.05) is 5.56 Å². The molecule has 19 heavy (non-hydrogen) atoms. The second-order valence-corrected chi connectivity index (χ2v) is 4.96. The van der Waals surface area contributed by atoms with Crippen LogP contribution in [-0.2, 0) is 14.4 Å². The Morgan fingerprint density at radius 3 is 2.37 bits per heavy atom. The summed E-state index contributed by atoms with van der Waals surface area (Å²) in [5.41, 5.74) is 0.162. The molecule has 8 heteroatoms. The standard InChI is InChI=1S/C11H12N2O5S/c1-16-10-5-4-8(6-11(10)17-2)9(7-12)13-18-19(3,14)15/h4-6H,1-3H3/b13-9+. The summed E-state index contributed by atoms with van der Waals surface area (Å²) in [5, 5.41) is 12.2. The van der Waals surface area contributed by atoms with Gasteiger partial charge in [0.1, 0.15) is 6.07 Å². The van der Waals surface area contributed by atoms with Gasteiger partial charge in [0.05, 0.1) is 20.5 Å². The van der Waals surface area contributed by atoms with Gasteiger partial charge in [0.25, 0.3) is 0 Å². The topological polar surface area (TPSA) is 98.0 Å². The van der Waals surface area contributed by atoms with Crippen molar-refractivity contribution in [2.24, 2.45) is 5.16 Å². The molecule has 1 rings (SSSR count). The third kappa shape index (κ3) is 4.15. The first-order chi connectivity index (χ1) is 8.91. The highest BCUT2D eigenvalue weighted by Crippen LogP contribution is 2.27. The van der Waals surface area contributed by atoms with Crippen molar-refractivity contribution in [1.29, 1.82) is 5.26 Å². The number of ether oxygens (including phenoxy) is 2. The molecule has 0 saturated heterocycles. The summed E-state index contributed by atoms with van der Waals surface area (Å²) in [5.74, 6) is 0.870. The quantitative estimate of drug-likeness (QED) is 0.588. The number of oxime groups is 1. The predicted octanol–water partition coefficient (Wildman–Crippen LogP) is 0.908. The van der Waals surface area contributed by atoms with Gasteiger partial charge in [-0.05, 0) is 18.2 Å². The van der Waals surface area contributed by atoms with Crippen LogP contribution in [0, 0.1) is 11.3 Å². The number of nitrogens with zero attached hydrogens (tertiary/aromatic N) is 2. The van der Waals surface area contributed by atoms with E-state index in [0.717, 1.165) is 6.26 Å². The van der Waals surface area contributed by atoms with Crippen LogP contribution in [0.5, 0.6) is 11.5 Å². The van der Waals surface area contributed by atoms with Gasteiger partial charge in [-0.2, -0.15) is 13.7 Å². The molecule has 0 aliphatic heterocycles.